The molecule has 0 radical (unpaired) electrons. The van der Waals surface area contributed by atoms with E-state index in [1.807, 2.05) is 43.5 Å². The summed E-state index contributed by atoms with van der Waals surface area (Å²) in [5.41, 5.74) is 0.989. The van der Waals surface area contributed by atoms with Crippen molar-refractivity contribution in [3.63, 3.8) is 0 Å². The molecule has 0 saturated carbocycles. The molecule has 1 heterocycles. The van der Waals surface area contributed by atoms with E-state index < -0.39 is 17.9 Å². The van der Waals surface area contributed by atoms with Crippen LogP contribution in [-0.2, 0) is 20.8 Å². The molecular formula is C20H26N2O4S. The van der Waals surface area contributed by atoms with Crippen molar-refractivity contribution in [2.45, 2.75) is 39.2 Å². The molecule has 0 fully saturated rings. The highest BCUT2D eigenvalue weighted by Crippen LogP contribution is 2.26. The highest BCUT2D eigenvalue weighted by Gasteiger charge is 2.28. The first kappa shape index (κ1) is 20.9. The van der Waals surface area contributed by atoms with Gasteiger partial charge in [-0.05, 0) is 34.7 Å². The Bertz CT molecular complexity index is 815. The fraction of sp³-hybridized carbons (Fsp3) is 0.450. The molecule has 0 unspecified atom stereocenters. The molecule has 2 atom stereocenters. The standard InChI is InChI=1S/C20H26N2O4S/c1-12(2)8-13(10-18(23)24)19(25)22-16(20(26)21-3)9-14-11-27-17-7-5-4-6-15(14)17/h4-7,11-13,16H,8-10H2,1-3H3,(H,21,26)(H,22,25)(H,23,24)/t13-,16+/m0/s1. The van der Waals surface area contributed by atoms with E-state index in [-0.39, 0.29) is 24.2 Å². The lowest BCUT2D eigenvalue weighted by Gasteiger charge is -2.22. The minimum Gasteiger partial charge on any atom is -0.481 e. The Labute approximate surface area is 163 Å². The van der Waals surface area contributed by atoms with Gasteiger partial charge in [-0.15, -0.1) is 11.3 Å². The third-order valence-electron chi connectivity index (χ3n) is 4.41. The summed E-state index contributed by atoms with van der Waals surface area (Å²) in [7, 11) is 1.52. The lowest BCUT2D eigenvalue weighted by atomic mass is 9.92. The maximum atomic E-state index is 12.7. The lowest BCUT2D eigenvalue weighted by molar-refractivity contribution is -0.141. The molecule has 0 aliphatic heterocycles. The Hall–Kier alpha value is -2.41. The van der Waals surface area contributed by atoms with Gasteiger partial charge in [-0.1, -0.05) is 32.0 Å². The Kier molecular flexibility index (Phi) is 7.36. The highest BCUT2D eigenvalue weighted by atomic mass is 32.1. The molecule has 1 aromatic carbocycles. The number of likely N-dealkylation sites (N-methyl/N-ethyl adjacent to an activating group) is 1. The van der Waals surface area contributed by atoms with E-state index in [2.05, 4.69) is 10.6 Å². The van der Waals surface area contributed by atoms with E-state index in [9.17, 15) is 14.4 Å². The van der Waals surface area contributed by atoms with Crippen LogP contribution < -0.4 is 10.6 Å². The van der Waals surface area contributed by atoms with Crippen LogP contribution in [0.5, 0.6) is 0 Å². The van der Waals surface area contributed by atoms with Gasteiger partial charge < -0.3 is 15.7 Å². The van der Waals surface area contributed by atoms with E-state index >= 15 is 0 Å². The number of nitrogens with one attached hydrogen (secondary N) is 2. The van der Waals surface area contributed by atoms with Crippen LogP contribution in [0.1, 0.15) is 32.3 Å². The Morgan fingerprint density at radius 2 is 1.85 bits per heavy atom. The van der Waals surface area contributed by atoms with Gasteiger partial charge >= 0.3 is 5.97 Å². The summed E-state index contributed by atoms with van der Waals surface area (Å²) in [6.45, 7) is 3.88. The molecule has 0 aliphatic carbocycles. The summed E-state index contributed by atoms with van der Waals surface area (Å²) in [5, 5.41) is 17.5. The number of thiophene rings is 1. The molecule has 3 N–H and O–H groups in total. The predicted molar refractivity (Wildman–Crippen MR) is 107 cm³/mol. The van der Waals surface area contributed by atoms with Crippen molar-refractivity contribution in [1.82, 2.24) is 10.6 Å². The van der Waals surface area contributed by atoms with Gasteiger partial charge in [-0.2, -0.15) is 0 Å². The fourth-order valence-electron chi connectivity index (χ4n) is 3.15. The van der Waals surface area contributed by atoms with Gasteiger partial charge in [-0.3, -0.25) is 14.4 Å². The second-order valence-electron chi connectivity index (χ2n) is 7.06. The molecule has 2 aromatic rings. The van der Waals surface area contributed by atoms with Crippen LogP contribution in [0.25, 0.3) is 10.1 Å². The van der Waals surface area contributed by atoms with Crippen LogP contribution in [0, 0.1) is 11.8 Å². The summed E-state index contributed by atoms with van der Waals surface area (Å²) in [6.07, 6.45) is 0.572. The molecule has 0 bridgehead atoms. The number of carbonyl (C=O) groups excluding carboxylic acids is 2. The molecule has 1 aromatic heterocycles. The number of amides is 2. The highest BCUT2D eigenvalue weighted by molar-refractivity contribution is 7.17. The zero-order valence-electron chi connectivity index (χ0n) is 15.8. The molecule has 2 amide bonds. The summed E-state index contributed by atoms with van der Waals surface area (Å²) in [4.78, 5) is 36.1. The van der Waals surface area contributed by atoms with Gasteiger partial charge in [0.05, 0.1) is 6.42 Å². The van der Waals surface area contributed by atoms with Crippen LogP contribution in [0.2, 0.25) is 0 Å². The number of hydrogen-bond acceptors (Lipinski definition) is 4. The minimum absolute atomic E-state index is 0.180. The van der Waals surface area contributed by atoms with Crippen molar-refractivity contribution in [2.24, 2.45) is 11.8 Å². The number of aliphatic carboxylic acids is 1. The topological polar surface area (TPSA) is 95.5 Å². The first-order chi connectivity index (χ1) is 12.8. The maximum Gasteiger partial charge on any atom is 0.304 e. The predicted octanol–water partition coefficient (Wildman–Crippen LogP) is 2.81. The number of carboxylic acid groups (broad SMARTS) is 1. The van der Waals surface area contributed by atoms with Crippen molar-refractivity contribution >= 4 is 39.2 Å². The average molecular weight is 391 g/mol. The molecular weight excluding hydrogens is 364 g/mol. The van der Waals surface area contributed by atoms with Crippen molar-refractivity contribution in [1.29, 1.82) is 0 Å². The number of benzene rings is 1. The van der Waals surface area contributed by atoms with Gasteiger partial charge in [0.15, 0.2) is 0 Å². The molecule has 7 heteroatoms. The van der Waals surface area contributed by atoms with Crippen molar-refractivity contribution < 1.29 is 19.5 Å². The van der Waals surface area contributed by atoms with Crippen LogP contribution in [0.4, 0.5) is 0 Å². The molecule has 6 nitrogen and oxygen atoms in total. The van der Waals surface area contributed by atoms with E-state index in [1.54, 1.807) is 11.3 Å². The summed E-state index contributed by atoms with van der Waals surface area (Å²) < 4.78 is 1.12. The molecule has 146 valence electrons. The summed E-state index contributed by atoms with van der Waals surface area (Å²) in [5.74, 6) is -2.18. The number of hydrogen-bond donors (Lipinski definition) is 3. The van der Waals surface area contributed by atoms with Crippen molar-refractivity contribution in [3.05, 3.63) is 35.2 Å². The summed E-state index contributed by atoms with van der Waals surface area (Å²) in [6, 6.07) is 7.17. The maximum absolute atomic E-state index is 12.7. The lowest BCUT2D eigenvalue weighted by Crippen LogP contribution is -2.49. The number of fused-ring (bicyclic) bond motifs is 1. The van der Waals surface area contributed by atoms with Crippen molar-refractivity contribution in [3.8, 4) is 0 Å². The monoisotopic (exact) mass is 390 g/mol. The SMILES string of the molecule is CNC(=O)[C@@H](Cc1csc2ccccc12)NC(=O)[C@H](CC(=O)O)CC(C)C. The third kappa shape index (κ3) is 5.79. The normalized spacial score (nSPS) is 13.3. The van der Waals surface area contributed by atoms with E-state index in [0.717, 1.165) is 15.6 Å². The second-order valence-corrected chi connectivity index (χ2v) is 7.97. The zero-order valence-corrected chi connectivity index (χ0v) is 16.6. The fourth-order valence-corrected chi connectivity index (χ4v) is 4.12. The van der Waals surface area contributed by atoms with Gasteiger partial charge in [0.25, 0.3) is 0 Å². The second kappa shape index (κ2) is 9.50. The molecule has 0 spiro atoms. The zero-order chi connectivity index (χ0) is 20.0. The van der Waals surface area contributed by atoms with E-state index in [1.165, 1.54) is 7.05 Å². The van der Waals surface area contributed by atoms with Gasteiger partial charge in [0.2, 0.25) is 11.8 Å². The number of rotatable bonds is 9. The van der Waals surface area contributed by atoms with Gasteiger partial charge in [-0.25, -0.2) is 0 Å². The van der Waals surface area contributed by atoms with Gasteiger partial charge in [0.1, 0.15) is 6.04 Å². The smallest absolute Gasteiger partial charge is 0.304 e. The minimum atomic E-state index is -1.02. The largest absolute Gasteiger partial charge is 0.481 e. The Morgan fingerprint density at radius 3 is 2.48 bits per heavy atom. The van der Waals surface area contributed by atoms with Crippen LogP contribution in [0.15, 0.2) is 29.6 Å². The third-order valence-corrected chi connectivity index (χ3v) is 5.42. The molecule has 0 saturated heterocycles. The van der Waals surface area contributed by atoms with Crippen molar-refractivity contribution in [2.75, 3.05) is 7.05 Å². The number of carboxylic acids is 1. The number of carbonyl (C=O) groups is 3. The van der Waals surface area contributed by atoms with E-state index in [4.69, 9.17) is 5.11 Å². The first-order valence-electron chi connectivity index (χ1n) is 9.00. The summed E-state index contributed by atoms with van der Waals surface area (Å²) >= 11 is 1.60. The first-order valence-corrected chi connectivity index (χ1v) is 9.88. The van der Waals surface area contributed by atoms with Crippen LogP contribution in [0.3, 0.4) is 0 Å². The Balaban J connectivity index is 2.19. The molecule has 27 heavy (non-hydrogen) atoms. The Morgan fingerprint density at radius 1 is 1.15 bits per heavy atom. The quantitative estimate of drug-likeness (QED) is 0.613. The van der Waals surface area contributed by atoms with Crippen LogP contribution in [-0.4, -0.2) is 36.0 Å². The van der Waals surface area contributed by atoms with Crippen LogP contribution >= 0.6 is 11.3 Å². The molecule has 0 aliphatic rings. The van der Waals surface area contributed by atoms with E-state index in [0.29, 0.717) is 12.8 Å². The van der Waals surface area contributed by atoms with Gasteiger partial charge in [0, 0.05) is 24.1 Å². The average Bonchev–Trinajstić information content (AvgIpc) is 3.02. The molecule has 2 rings (SSSR count).